The van der Waals surface area contributed by atoms with Crippen LogP contribution < -0.4 is 5.32 Å². The molecule has 1 aromatic rings. The van der Waals surface area contributed by atoms with E-state index >= 15 is 0 Å². The normalized spacial score (nSPS) is 21.2. The van der Waals surface area contributed by atoms with Crippen molar-refractivity contribution in [1.29, 1.82) is 0 Å². The van der Waals surface area contributed by atoms with Gasteiger partial charge in [0.05, 0.1) is 0 Å². The lowest BCUT2D eigenvalue weighted by atomic mass is 10.1. The van der Waals surface area contributed by atoms with Crippen LogP contribution in [0.3, 0.4) is 0 Å². The predicted octanol–water partition coefficient (Wildman–Crippen LogP) is 3.33. The Hall–Kier alpha value is 0.100. The van der Waals surface area contributed by atoms with Crippen molar-refractivity contribution in [3.05, 3.63) is 20.8 Å². The molecule has 1 aromatic heterocycles. The molecule has 0 radical (unpaired) electrons. The number of likely N-dealkylation sites (tertiary alicyclic amines) is 1. The largest absolute Gasteiger partial charge is 0.316 e. The average molecular weight is 317 g/mol. The molecule has 1 unspecified atom stereocenters. The second kappa shape index (κ2) is 6.88. The molecule has 1 N–H and O–H groups in total. The van der Waals surface area contributed by atoms with Crippen molar-refractivity contribution in [3.63, 3.8) is 0 Å². The molecular weight excluding hydrogens is 296 g/mol. The molecule has 1 saturated heterocycles. The highest BCUT2D eigenvalue weighted by Gasteiger charge is 2.22. The highest BCUT2D eigenvalue weighted by molar-refractivity contribution is 9.10. The second-order valence-electron chi connectivity index (χ2n) is 4.79. The van der Waals surface area contributed by atoms with Gasteiger partial charge in [-0.15, -0.1) is 11.3 Å². The Morgan fingerprint density at radius 2 is 2.47 bits per heavy atom. The molecule has 2 heterocycles. The summed E-state index contributed by atoms with van der Waals surface area (Å²) in [5.41, 5.74) is 0. The molecule has 0 spiro atoms. The van der Waals surface area contributed by atoms with E-state index in [0.717, 1.165) is 19.0 Å². The first-order valence-corrected chi connectivity index (χ1v) is 8.11. The maximum atomic E-state index is 3.61. The Morgan fingerprint density at radius 1 is 1.59 bits per heavy atom. The summed E-state index contributed by atoms with van der Waals surface area (Å²) in [5, 5.41) is 5.70. The molecule has 96 valence electrons. The van der Waals surface area contributed by atoms with Crippen LogP contribution in [0.5, 0.6) is 0 Å². The highest BCUT2D eigenvalue weighted by Crippen LogP contribution is 2.26. The van der Waals surface area contributed by atoms with E-state index in [1.807, 2.05) is 11.3 Å². The van der Waals surface area contributed by atoms with Crippen molar-refractivity contribution in [2.75, 3.05) is 26.2 Å². The maximum Gasteiger partial charge on any atom is 0.0339 e. The fourth-order valence-electron chi connectivity index (χ4n) is 2.35. The number of hydrogen-bond acceptors (Lipinski definition) is 3. The van der Waals surface area contributed by atoms with Gasteiger partial charge < -0.3 is 5.32 Å². The summed E-state index contributed by atoms with van der Waals surface area (Å²) in [6.07, 6.45) is 2.58. The zero-order chi connectivity index (χ0) is 12.1. The van der Waals surface area contributed by atoms with Crippen molar-refractivity contribution in [2.24, 2.45) is 5.92 Å². The monoisotopic (exact) mass is 316 g/mol. The molecule has 1 aliphatic rings. The van der Waals surface area contributed by atoms with Gasteiger partial charge in [-0.1, -0.05) is 6.92 Å². The van der Waals surface area contributed by atoms with Gasteiger partial charge in [-0.3, -0.25) is 4.90 Å². The highest BCUT2D eigenvalue weighted by atomic mass is 79.9. The summed E-state index contributed by atoms with van der Waals surface area (Å²) in [4.78, 5) is 4.04. The first kappa shape index (κ1) is 13.5. The molecule has 0 aromatic carbocycles. The van der Waals surface area contributed by atoms with E-state index in [1.165, 1.54) is 41.8 Å². The third-order valence-corrected chi connectivity index (χ3v) is 5.20. The lowest BCUT2D eigenvalue weighted by molar-refractivity contribution is 0.316. The van der Waals surface area contributed by atoms with E-state index in [2.05, 4.69) is 44.5 Å². The lowest BCUT2D eigenvalue weighted by Crippen LogP contribution is -2.26. The van der Waals surface area contributed by atoms with Gasteiger partial charge in [-0.25, -0.2) is 0 Å². The van der Waals surface area contributed by atoms with Gasteiger partial charge in [0.2, 0.25) is 0 Å². The Morgan fingerprint density at radius 3 is 3.18 bits per heavy atom. The Balaban J connectivity index is 1.73. The molecule has 1 aliphatic heterocycles. The molecule has 0 aliphatic carbocycles. The van der Waals surface area contributed by atoms with E-state index < -0.39 is 0 Å². The number of rotatable bonds is 6. The first-order valence-electron chi connectivity index (χ1n) is 6.44. The fraction of sp³-hybridized carbons (Fsp3) is 0.692. The quantitative estimate of drug-likeness (QED) is 0.810. The van der Waals surface area contributed by atoms with Gasteiger partial charge in [0.15, 0.2) is 0 Å². The zero-order valence-electron chi connectivity index (χ0n) is 10.4. The van der Waals surface area contributed by atoms with Crippen molar-refractivity contribution in [1.82, 2.24) is 10.2 Å². The van der Waals surface area contributed by atoms with Crippen molar-refractivity contribution >= 4 is 27.3 Å². The van der Waals surface area contributed by atoms with Gasteiger partial charge in [-0.05, 0) is 65.8 Å². The van der Waals surface area contributed by atoms with Gasteiger partial charge in [0.1, 0.15) is 0 Å². The second-order valence-corrected chi connectivity index (χ2v) is 6.64. The average Bonchev–Trinajstić information content (AvgIpc) is 2.91. The molecule has 1 atom stereocenters. The van der Waals surface area contributed by atoms with Crippen LogP contribution in [-0.2, 0) is 6.54 Å². The summed E-state index contributed by atoms with van der Waals surface area (Å²) in [6.45, 7) is 8.19. The fourth-order valence-corrected chi connectivity index (χ4v) is 3.87. The minimum Gasteiger partial charge on any atom is -0.316 e. The van der Waals surface area contributed by atoms with Crippen LogP contribution in [0.1, 0.15) is 24.6 Å². The minimum absolute atomic E-state index is 0.847. The SMILES string of the molecule is CCCNCC1CCN(Cc2sccc2Br)C1. The molecule has 0 amide bonds. The predicted molar refractivity (Wildman–Crippen MR) is 78.6 cm³/mol. The molecule has 0 saturated carbocycles. The molecule has 1 fully saturated rings. The number of thiophene rings is 1. The zero-order valence-corrected chi connectivity index (χ0v) is 12.8. The molecular formula is C13H21BrN2S. The molecule has 4 heteroatoms. The minimum atomic E-state index is 0.847. The van der Waals surface area contributed by atoms with Crippen LogP contribution >= 0.6 is 27.3 Å². The number of hydrogen-bond donors (Lipinski definition) is 1. The number of nitrogens with zero attached hydrogens (tertiary/aromatic N) is 1. The van der Waals surface area contributed by atoms with Gasteiger partial charge >= 0.3 is 0 Å². The summed E-state index contributed by atoms with van der Waals surface area (Å²) in [6, 6.07) is 2.15. The van der Waals surface area contributed by atoms with E-state index in [1.54, 1.807) is 0 Å². The van der Waals surface area contributed by atoms with Crippen molar-refractivity contribution in [3.8, 4) is 0 Å². The van der Waals surface area contributed by atoms with Crippen LogP contribution in [0.25, 0.3) is 0 Å². The number of halogens is 1. The summed E-state index contributed by atoms with van der Waals surface area (Å²) in [7, 11) is 0. The molecule has 0 bridgehead atoms. The van der Waals surface area contributed by atoms with E-state index in [9.17, 15) is 0 Å². The van der Waals surface area contributed by atoms with Gasteiger partial charge in [0, 0.05) is 22.4 Å². The number of nitrogens with one attached hydrogen (secondary N) is 1. The van der Waals surface area contributed by atoms with E-state index in [4.69, 9.17) is 0 Å². The standard InChI is InChI=1S/C13H21BrN2S/c1-2-5-15-8-11-3-6-16(9-11)10-13-12(14)4-7-17-13/h4,7,11,15H,2-3,5-6,8-10H2,1H3. The smallest absolute Gasteiger partial charge is 0.0339 e. The Labute approximate surface area is 117 Å². The van der Waals surface area contributed by atoms with Gasteiger partial charge in [0.25, 0.3) is 0 Å². The Kier molecular flexibility index (Phi) is 5.48. The third-order valence-electron chi connectivity index (χ3n) is 3.29. The van der Waals surface area contributed by atoms with Crippen molar-refractivity contribution in [2.45, 2.75) is 26.3 Å². The van der Waals surface area contributed by atoms with Crippen LogP contribution in [-0.4, -0.2) is 31.1 Å². The first-order chi connectivity index (χ1) is 8.29. The van der Waals surface area contributed by atoms with E-state index in [0.29, 0.717) is 0 Å². The topological polar surface area (TPSA) is 15.3 Å². The maximum absolute atomic E-state index is 3.61. The summed E-state index contributed by atoms with van der Waals surface area (Å²) >= 11 is 5.47. The van der Waals surface area contributed by atoms with Gasteiger partial charge in [-0.2, -0.15) is 0 Å². The third kappa shape index (κ3) is 4.05. The van der Waals surface area contributed by atoms with Crippen LogP contribution in [0.15, 0.2) is 15.9 Å². The lowest BCUT2D eigenvalue weighted by Gasteiger charge is -2.15. The van der Waals surface area contributed by atoms with Crippen LogP contribution in [0.4, 0.5) is 0 Å². The molecule has 2 rings (SSSR count). The van der Waals surface area contributed by atoms with Crippen molar-refractivity contribution < 1.29 is 0 Å². The van der Waals surface area contributed by atoms with E-state index in [-0.39, 0.29) is 0 Å². The summed E-state index contributed by atoms with van der Waals surface area (Å²) in [5.74, 6) is 0.847. The Bertz CT molecular complexity index is 340. The van der Waals surface area contributed by atoms with Crippen LogP contribution in [0.2, 0.25) is 0 Å². The molecule has 2 nitrogen and oxygen atoms in total. The molecule has 17 heavy (non-hydrogen) atoms. The van der Waals surface area contributed by atoms with Crippen LogP contribution in [0, 0.1) is 5.92 Å². The summed E-state index contributed by atoms with van der Waals surface area (Å²) < 4.78 is 1.27.